The molecular formula is C30H34O5S. The Morgan fingerprint density at radius 3 is 2.44 bits per heavy atom. The molecule has 0 saturated carbocycles. The first kappa shape index (κ1) is 27.3. The monoisotopic (exact) mass is 506 g/mol. The lowest BCUT2D eigenvalue weighted by molar-refractivity contribution is -0.139. The highest BCUT2D eigenvalue weighted by Gasteiger charge is 2.17. The summed E-state index contributed by atoms with van der Waals surface area (Å²) in [7, 11) is 0. The maximum absolute atomic E-state index is 13.2. The van der Waals surface area contributed by atoms with Crippen molar-refractivity contribution in [2.45, 2.75) is 51.5 Å². The molecule has 0 radical (unpaired) electrons. The molecule has 0 aliphatic carbocycles. The number of benzene rings is 3. The van der Waals surface area contributed by atoms with E-state index in [0.717, 1.165) is 28.2 Å². The van der Waals surface area contributed by atoms with Crippen molar-refractivity contribution in [2.24, 2.45) is 0 Å². The second-order valence-electron chi connectivity index (χ2n) is 8.47. The number of carbonyl (C=O) groups is 2. The minimum absolute atomic E-state index is 0.0410. The van der Waals surface area contributed by atoms with Gasteiger partial charge in [0.25, 0.3) is 0 Å². The average Bonchev–Trinajstić information content (AvgIpc) is 2.88. The Morgan fingerprint density at radius 1 is 0.972 bits per heavy atom. The normalized spacial score (nSPS) is 11.6. The summed E-state index contributed by atoms with van der Waals surface area (Å²) >= 11 is 1.46. The van der Waals surface area contributed by atoms with E-state index in [2.05, 4.69) is 6.92 Å². The maximum Gasteiger partial charge on any atom is 0.316 e. The number of rotatable bonds is 13. The molecule has 36 heavy (non-hydrogen) atoms. The van der Waals surface area contributed by atoms with E-state index in [0.29, 0.717) is 36.5 Å². The van der Waals surface area contributed by atoms with E-state index in [-0.39, 0.29) is 23.6 Å². The van der Waals surface area contributed by atoms with Crippen LogP contribution in [0.15, 0.2) is 71.6 Å². The Bertz CT molecular complexity index is 1160. The number of carbonyl (C=O) groups excluding carboxylic acids is 2. The van der Waals surface area contributed by atoms with E-state index in [9.17, 15) is 9.59 Å². The van der Waals surface area contributed by atoms with Crippen molar-refractivity contribution in [3.63, 3.8) is 0 Å². The van der Waals surface area contributed by atoms with Crippen LogP contribution in [-0.2, 0) is 16.0 Å². The van der Waals surface area contributed by atoms with E-state index < -0.39 is 0 Å². The van der Waals surface area contributed by atoms with Crippen LogP contribution in [0.1, 0.15) is 54.2 Å². The molecule has 3 aromatic carbocycles. The van der Waals surface area contributed by atoms with Gasteiger partial charge in [0, 0.05) is 16.9 Å². The van der Waals surface area contributed by atoms with Crippen LogP contribution in [-0.4, -0.2) is 36.8 Å². The second-order valence-corrected chi connectivity index (χ2v) is 9.48. The molecule has 0 heterocycles. The third-order valence-corrected chi connectivity index (χ3v) is 6.80. The van der Waals surface area contributed by atoms with Gasteiger partial charge in [-0.2, -0.15) is 0 Å². The number of esters is 1. The number of ketones is 1. The summed E-state index contributed by atoms with van der Waals surface area (Å²) in [5, 5.41) is 0. The first-order valence-corrected chi connectivity index (χ1v) is 13.3. The molecule has 0 spiro atoms. The minimum atomic E-state index is -0.214. The zero-order chi connectivity index (χ0) is 25.9. The number of ether oxygens (including phenoxy) is 3. The van der Waals surface area contributed by atoms with Crippen LogP contribution in [0.25, 0.3) is 0 Å². The molecule has 0 saturated heterocycles. The SMILES string of the molecule is CCOC(=O)CSc1ccc(OCCC(C)Oc2ccc(CC)cc2C(=O)c2ccccc2)cc1C. The third-order valence-electron chi connectivity index (χ3n) is 5.65. The van der Waals surface area contributed by atoms with Crippen LogP contribution in [0, 0.1) is 6.92 Å². The van der Waals surface area contributed by atoms with E-state index >= 15 is 0 Å². The van der Waals surface area contributed by atoms with Gasteiger partial charge in [0.1, 0.15) is 11.5 Å². The third kappa shape index (κ3) is 7.89. The quantitative estimate of drug-likeness (QED) is 0.146. The molecule has 1 atom stereocenters. The van der Waals surface area contributed by atoms with Crippen molar-refractivity contribution >= 4 is 23.5 Å². The van der Waals surface area contributed by atoms with Gasteiger partial charge in [0.15, 0.2) is 5.78 Å². The zero-order valence-corrected chi connectivity index (χ0v) is 22.2. The summed E-state index contributed by atoms with van der Waals surface area (Å²) in [5.41, 5.74) is 3.37. The lowest BCUT2D eigenvalue weighted by Crippen LogP contribution is -2.18. The number of hydrogen-bond donors (Lipinski definition) is 0. The molecule has 6 heteroatoms. The highest BCUT2D eigenvalue weighted by molar-refractivity contribution is 8.00. The summed E-state index contributed by atoms with van der Waals surface area (Å²) < 4.78 is 17.1. The van der Waals surface area contributed by atoms with Crippen LogP contribution < -0.4 is 9.47 Å². The van der Waals surface area contributed by atoms with Gasteiger partial charge >= 0.3 is 5.97 Å². The smallest absolute Gasteiger partial charge is 0.316 e. The van der Waals surface area contributed by atoms with Crippen LogP contribution >= 0.6 is 11.8 Å². The molecule has 0 amide bonds. The number of hydrogen-bond acceptors (Lipinski definition) is 6. The van der Waals surface area contributed by atoms with Crippen LogP contribution in [0.4, 0.5) is 0 Å². The Morgan fingerprint density at radius 2 is 1.75 bits per heavy atom. The van der Waals surface area contributed by atoms with Gasteiger partial charge in [0.2, 0.25) is 0 Å². The molecule has 0 bridgehead atoms. The zero-order valence-electron chi connectivity index (χ0n) is 21.4. The summed E-state index contributed by atoms with van der Waals surface area (Å²) in [6, 6.07) is 20.9. The molecule has 0 aliphatic rings. The van der Waals surface area contributed by atoms with Crippen molar-refractivity contribution in [2.75, 3.05) is 19.0 Å². The molecule has 3 rings (SSSR count). The lowest BCUT2D eigenvalue weighted by atomic mass is 9.99. The molecule has 0 N–H and O–H groups in total. The van der Waals surface area contributed by atoms with E-state index in [4.69, 9.17) is 14.2 Å². The fourth-order valence-electron chi connectivity index (χ4n) is 3.65. The standard InChI is InChI=1S/C30H34O5S/c1-5-23-12-14-27(26(19-23)30(32)24-10-8-7-9-11-24)35-22(4)16-17-34-25-13-15-28(21(3)18-25)36-20-29(31)33-6-2/h7-15,18-19,22H,5-6,16-17,20H2,1-4H3. The molecule has 0 aliphatic heterocycles. The predicted octanol–water partition coefficient (Wildman–Crippen LogP) is 6.68. The van der Waals surface area contributed by atoms with Crippen molar-refractivity contribution in [1.29, 1.82) is 0 Å². The minimum Gasteiger partial charge on any atom is -0.493 e. The topological polar surface area (TPSA) is 61.8 Å². The van der Waals surface area contributed by atoms with Crippen LogP contribution in [0.5, 0.6) is 11.5 Å². The van der Waals surface area contributed by atoms with Gasteiger partial charge in [-0.3, -0.25) is 9.59 Å². The van der Waals surface area contributed by atoms with Gasteiger partial charge < -0.3 is 14.2 Å². The lowest BCUT2D eigenvalue weighted by Gasteiger charge is -2.18. The second kappa shape index (κ2) is 13.7. The fourth-order valence-corrected chi connectivity index (χ4v) is 4.46. The Kier molecular flexibility index (Phi) is 10.4. The largest absolute Gasteiger partial charge is 0.493 e. The van der Waals surface area contributed by atoms with Gasteiger partial charge in [-0.1, -0.05) is 43.3 Å². The Hall–Kier alpha value is -3.25. The highest BCUT2D eigenvalue weighted by atomic mass is 32.2. The van der Waals surface area contributed by atoms with Gasteiger partial charge in [0.05, 0.1) is 30.6 Å². The van der Waals surface area contributed by atoms with E-state index in [1.165, 1.54) is 11.8 Å². The van der Waals surface area contributed by atoms with Crippen molar-refractivity contribution in [3.05, 3.63) is 89.0 Å². The maximum atomic E-state index is 13.2. The van der Waals surface area contributed by atoms with Crippen LogP contribution in [0.3, 0.4) is 0 Å². The summed E-state index contributed by atoms with van der Waals surface area (Å²) in [6.45, 7) is 8.72. The van der Waals surface area contributed by atoms with E-state index in [1.54, 1.807) is 6.92 Å². The summed E-state index contributed by atoms with van der Waals surface area (Å²) in [4.78, 5) is 25.8. The Balaban J connectivity index is 1.57. The molecule has 1 unspecified atom stereocenters. The number of thioether (sulfide) groups is 1. The van der Waals surface area contributed by atoms with Crippen molar-refractivity contribution in [1.82, 2.24) is 0 Å². The van der Waals surface area contributed by atoms with Gasteiger partial charge in [-0.15, -0.1) is 11.8 Å². The van der Waals surface area contributed by atoms with Gasteiger partial charge in [-0.25, -0.2) is 0 Å². The first-order valence-electron chi connectivity index (χ1n) is 12.3. The Labute approximate surface area is 218 Å². The van der Waals surface area contributed by atoms with Crippen molar-refractivity contribution < 1.29 is 23.8 Å². The molecule has 0 aromatic heterocycles. The van der Waals surface area contributed by atoms with Gasteiger partial charge in [-0.05, 0) is 68.7 Å². The fraction of sp³-hybridized carbons (Fsp3) is 0.333. The molecule has 0 fully saturated rings. The van der Waals surface area contributed by atoms with E-state index in [1.807, 2.05) is 80.6 Å². The molecule has 5 nitrogen and oxygen atoms in total. The molecule has 190 valence electrons. The predicted molar refractivity (Wildman–Crippen MR) is 144 cm³/mol. The number of aryl methyl sites for hydroxylation is 2. The summed E-state index contributed by atoms with van der Waals surface area (Å²) in [6.07, 6.45) is 1.37. The first-order chi connectivity index (χ1) is 17.4. The molecular weight excluding hydrogens is 472 g/mol. The van der Waals surface area contributed by atoms with Crippen molar-refractivity contribution in [3.8, 4) is 11.5 Å². The van der Waals surface area contributed by atoms with Crippen LogP contribution in [0.2, 0.25) is 0 Å². The highest BCUT2D eigenvalue weighted by Crippen LogP contribution is 2.27. The average molecular weight is 507 g/mol. The molecule has 3 aromatic rings. The summed E-state index contributed by atoms with van der Waals surface area (Å²) in [5.74, 6) is 1.40.